The largest absolute Gasteiger partial charge is 0.381 e. The van der Waals surface area contributed by atoms with Gasteiger partial charge in [0.15, 0.2) is 6.10 Å². The molecule has 4 rings (SSSR count). The van der Waals surface area contributed by atoms with E-state index >= 15 is 0 Å². The second kappa shape index (κ2) is 13.1. The van der Waals surface area contributed by atoms with Crippen LogP contribution in [0.3, 0.4) is 0 Å². The molecule has 0 aromatic heterocycles. The van der Waals surface area contributed by atoms with Crippen LogP contribution in [-0.4, -0.2) is 84.1 Å². The average molecular weight is 585 g/mol. The summed E-state index contributed by atoms with van der Waals surface area (Å²) in [7, 11) is 3.77. The molecular weight excluding hydrogens is 550 g/mol. The first kappa shape index (κ1) is 30.6. The lowest BCUT2D eigenvalue weighted by Crippen LogP contribution is -2.56. The van der Waals surface area contributed by atoms with Gasteiger partial charge in [-0.1, -0.05) is 42.5 Å². The van der Waals surface area contributed by atoms with Crippen molar-refractivity contribution in [3.63, 3.8) is 0 Å². The highest BCUT2D eigenvalue weighted by atomic mass is 19.3. The predicted octanol–water partition coefficient (Wildman–Crippen LogP) is 0.959. The van der Waals surface area contributed by atoms with Gasteiger partial charge in [-0.25, -0.2) is 14.2 Å². The number of hydrogen-bond donors (Lipinski definition) is 4. The Balaban J connectivity index is 1.49. The molecule has 3 atom stereocenters. The summed E-state index contributed by atoms with van der Waals surface area (Å²) in [6.45, 7) is -0.992. The minimum atomic E-state index is -3.35. The smallest absolute Gasteiger partial charge is 0.267 e. The normalized spacial score (nSPS) is 19.3. The number of anilines is 1. The number of likely N-dealkylation sites (tertiary alicyclic amines) is 1. The maximum atomic E-state index is 14.6. The topological polar surface area (TPSA) is 143 Å². The number of alkyl halides is 2. The molecule has 0 aliphatic carbocycles. The molecule has 42 heavy (non-hydrogen) atoms. The number of amides is 4. The first-order valence-corrected chi connectivity index (χ1v) is 13.5. The Morgan fingerprint density at radius 1 is 1.10 bits per heavy atom. The predicted molar refractivity (Wildman–Crippen MR) is 151 cm³/mol. The molecule has 0 unspecified atom stereocenters. The van der Waals surface area contributed by atoms with Gasteiger partial charge in [0.05, 0.1) is 12.6 Å². The van der Waals surface area contributed by atoms with Crippen LogP contribution in [0, 0.1) is 0 Å². The highest BCUT2D eigenvalue weighted by molar-refractivity contribution is 6.39. The zero-order valence-electron chi connectivity index (χ0n) is 23.3. The summed E-state index contributed by atoms with van der Waals surface area (Å²) in [6, 6.07) is 13.2. The molecule has 11 nitrogen and oxygen atoms in total. The maximum Gasteiger partial charge on any atom is 0.267 e. The molecule has 0 saturated carbocycles. The van der Waals surface area contributed by atoms with E-state index in [9.17, 15) is 33.1 Å². The van der Waals surface area contributed by atoms with Gasteiger partial charge in [-0.05, 0) is 29.7 Å². The van der Waals surface area contributed by atoms with Crippen molar-refractivity contribution in [2.24, 2.45) is 5.10 Å². The number of hydrazone groups is 1. The van der Waals surface area contributed by atoms with Crippen LogP contribution in [0.4, 0.5) is 14.5 Å². The summed E-state index contributed by atoms with van der Waals surface area (Å²) in [4.78, 5) is 53.4. The molecule has 1 saturated heterocycles. The molecule has 2 aliphatic rings. The zero-order valence-corrected chi connectivity index (χ0v) is 23.3. The number of carbonyl (C=O) groups excluding carboxylic acids is 4. The molecule has 13 heteroatoms. The van der Waals surface area contributed by atoms with E-state index in [-0.39, 0.29) is 37.4 Å². The fraction of sp³-hybridized carbons (Fsp3) is 0.414. The van der Waals surface area contributed by atoms with Gasteiger partial charge < -0.3 is 25.5 Å². The minimum Gasteiger partial charge on any atom is -0.381 e. The van der Waals surface area contributed by atoms with Gasteiger partial charge >= 0.3 is 0 Å². The van der Waals surface area contributed by atoms with E-state index in [2.05, 4.69) is 21.2 Å². The molecule has 0 spiro atoms. The Labute approximate surface area is 241 Å². The van der Waals surface area contributed by atoms with Crippen molar-refractivity contribution in [1.29, 1.82) is 0 Å². The summed E-state index contributed by atoms with van der Waals surface area (Å²) >= 11 is 0. The van der Waals surface area contributed by atoms with E-state index in [1.807, 2.05) is 31.1 Å². The highest BCUT2D eigenvalue weighted by Crippen LogP contribution is 2.33. The lowest BCUT2D eigenvalue weighted by atomic mass is 9.99. The lowest BCUT2D eigenvalue weighted by Gasteiger charge is -2.30. The van der Waals surface area contributed by atoms with Crippen LogP contribution in [0.15, 0.2) is 59.7 Å². The van der Waals surface area contributed by atoms with Gasteiger partial charge in [-0.2, -0.15) is 5.10 Å². The highest BCUT2D eigenvalue weighted by Gasteiger charge is 2.51. The van der Waals surface area contributed by atoms with Crippen LogP contribution in [-0.2, 0) is 32.1 Å². The van der Waals surface area contributed by atoms with E-state index in [4.69, 9.17) is 0 Å². The van der Waals surface area contributed by atoms with Crippen LogP contribution in [0.5, 0.6) is 0 Å². The second-order valence-electron chi connectivity index (χ2n) is 10.6. The Morgan fingerprint density at radius 2 is 1.79 bits per heavy atom. The first-order chi connectivity index (χ1) is 19.9. The molecule has 0 radical (unpaired) electrons. The number of carbonyl (C=O) groups is 4. The maximum absolute atomic E-state index is 14.6. The summed E-state index contributed by atoms with van der Waals surface area (Å²) in [6.07, 6.45) is -2.77. The summed E-state index contributed by atoms with van der Waals surface area (Å²) in [5.74, 6) is -6.31. The third kappa shape index (κ3) is 7.66. The molecule has 0 bridgehead atoms. The van der Waals surface area contributed by atoms with Crippen LogP contribution in [0.25, 0.3) is 0 Å². The number of nitrogens with one attached hydrogen (secondary N) is 3. The molecular formula is C29H34F2N6O5. The SMILES string of the molecule is CN(C)c1ccc(CNC(=O)[C@@H]2CC(F)(F)CN2C(=O)[C@@H](O)[C@H](Cc2ccccc2)NC(=O)C2=NNC(=O)CC2)cc1. The molecule has 2 aromatic carbocycles. The number of nitrogens with zero attached hydrogens (tertiary/aromatic N) is 3. The molecule has 2 heterocycles. The van der Waals surface area contributed by atoms with E-state index in [0.29, 0.717) is 10.5 Å². The van der Waals surface area contributed by atoms with Crippen molar-refractivity contribution in [3.8, 4) is 0 Å². The van der Waals surface area contributed by atoms with Crippen molar-refractivity contribution in [1.82, 2.24) is 21.0 Å². The molecule has 2 aromatic rings. The zero-order chi connectivity index (χ0) is 30.4. The standard InChI is InChI=1S/C29H34F2N6O5/c1-36(2)20-10-8-19(9-11-20)16-32-27(41)23-15-29(30,31)17-37(23)28(42)25(39)22(14-18-6-4-3-5-7-18)33-26(40)21-12-13-24(38)35-34-21/h3-11,22-23,25,39H,12-17H2,1-2H3,(H,32,41)(H,33,40)(H,35,38)/t22-,23-,25-/m0/s1. The van der Waals surface area contributed by atoms with Gasteiger partial charge in [0, 0.05) is 45.6 Å². The van der Waals surface area contributed by atoms with Crippen LogP contribution in [0.1, 0.15) is 30.4 Å². The Hall–Kier alpha value is -4.39. The van der Waals surface area contributed by atoms with E-state index in [1.54, 1.807) is 42.5 Å². The second-order valence-corrected chi connectivity index (χ2v) is 10.6. The summed E-state index contributed by atoms with van der Waals surface area (Å²) in [5, 5.41) is 20.1. The molecule has 224 valence electrons. The first-order valence-electron chi connectivity index (χ1n) is 13.5. The summed E-state index contributed by atoms with van der Waals surface area (Å²) in [5.41, 5.74) is 4.56. The lowest BCUT2D eigenvalue weighted by molar-refractivity contribution is -0.147. The Bertz CT molecular complexity index is 1340. The Kier molecular flexibility index (Phi) is 9.51. The van der Waals surface area contributed by atoms with E-state index in [1.165, 1.54) is 0 Å². The average Bonchev–Trinajstić information content (AvgIpc) is 3.31. The number of halogens is 2. The summed E-state index contributed by atoms with van der Waals surface area (Å²) < 4.78 is 29.1. The van der Waals surface area contributed by atoms with Gasteiger partial charge in [0.2, 0.25) is 11.8 Å². The third-order valence-corrected chi connectivity index (χ3v) is 7.19. The van der Waals surface area contributed by atoms with Gasteiger partial charge in [0.1, 0.15) is 11.8 Å². The number of hydrogen-bond acceptors (Lipinski definition) is 7. The number of aliphatic hydroxyl groups is 1. The molecule has 1 fully saturated rings. The molecule has 4 amide bonds. The van der Waals surface area contributed by atoms with Crippen molar-refractivity contribution < 1.29 is 33.1 Å². The minimum absolute atomic E-state index is 0.00381. The van der Waals surface area contributed by atoms with E-state index in [0.717, 1.165) is 11.3 Å². The number of rotatable bonds is 10. The van der Waals surface area contributed by atoms with Crippen molar-refractivity contribution in [2.75, 3.05) is 25.5 Å². The number of aliphatic hydroxyl groups excluding tert-OH is 1. The number of benzene rings is 2. The van der Waals surface area contributed by atoms with Gasteiger partial charge in [-0.3, -0.25) is 19.2 Å². The Morgan fingerprint density at radius 3 is 2.40 bits per heavy atom. The van der Waals surface area contributed by atoms with Crippen LogP contribution in [0.2, 0.25) is 0 Å². The van der Waals surface area contributed by atoms with Gasteiger partial charge in [0.25, 0.3) is 17.7 Å². The molecule has 4 N–H and O–H groups in total. The van der Waals surface area contributed by atoms with Crippen LogP contribution >= 0.6 is 0 Å². The fourth-order valence-corrected chi connectivity index (χ4v) is 4.84. The van der Waals surface area contributed by atoms with Crippen LogP contribution < -0.4 is 21.0 Å². The van der Waals surface area contributed by atoms with Crippen molar-refractivity contribution >= 4 is 35.0 Å². The quantitative estimate of drug-likeness (QED) is 0.328. The monoisotopic (exact) mass is 584 g/mol. The van der Waals surface area contributed by atoms with Gasteiger partial charge in [-0.15, -0.1) is 0 Å². The van der Waals surface area contributed by atoms with E-state index < -0.39 is 54.8 Å². The van der Waals surface area contributed by atoms with Crippen molar-refractivity contribution in [3.05, 3.63) is 65.7 Å². The fourth-order valence-electron chi connectivity index (χ4n) is 4.84. The van der Waals surface area contributed by atoms with Crippen molar-refractivity contribution in [2.45, 2.75) is 56.3 Å². The molecule has 2 aliphatic heterocycles. The third-order valence-electron chi connectivity index (χ3n) is 7.19.